The minimum Gasteiger partial charge on any atom is -0.466 e. The van der Waals surface area contributed by atoms with E-state index in [0.29, 0.717) is 13.2 Å². The Morgan fingerprint density at radius 3 is 1.25 bits per heavy atom. The van der Waals surface area contributed by atoms with Crippen LogP contribution in [-0.4, -0.2) is 25.2 Å². The molecule has 0 saturated carbocycles. The molecule has 4 heteroatoms. The molecule has 0 fully saturated rings. The molecule has 0 spiro atoms. The van der Waals surface area contributed by atoms with Gasteiger partial charge in [-0.3, -0.25) is 9.59 Å². The molecule has 0 aliphatic heterocycles. The van der Waals surface area contributed by atoms with Crippen molar-refractivity contribution in [2.24, 2.45) is 10.8 Å². The molecule has 0 aromatic heterocycles. The van der Waals surface area contributed by atoms with E-state index in [-0.39, 0.29) is 11.9 Å². The van der Waals surface area contributed by atoms with Crippen LogP contribution in [0.25, 0.3) is 0 Å². The maximum Gasteiger partial charge on any atom is 0.312 e. The van der Waals surface area contributed by atoms with Gasteiger partial charge >= 0.3 is 11.9 Å². The van der Waals surface area contributed by atoms with Gasteiger partial charge in [0.1, 0.15) is 0 Å². The minimum absolute atomic E-state index is 0.307. The van der Waals surface area contributed by atoms with Crippen molar-refractivity contribution >= 4 is 11.9 Å². The van der Waals surface area contributed by atoms with Crippen LogP contribution < -0.4 is 0 Å². The van der Waals surface area contributed by atoms with Crippen LogP contribution in [0.2, 0.25) is 0 Å². The Balaban J connectivity index is 4.96. The van der Waals surface area contributed by atoms with Crippen molar-refractivity contribution < 1.29 is 19.1 Å². The second-order valence-electron chi connectivity index (χ2n) is 4.69. The van der Waals surface area contributed by atoms with Crippen LogP contribution >= 0.6 is 0 Å². The van der Waals surface area contributed by atoms with Gasteiger partial charge in [-0.25, -0.2) is 0 Å². The van der Waals surface area contributed by atoms with E-state index in [0.717, 1.165) is 0 Å². The van der Waals surface area contributed by atoms with Gasteiger partial charge in [0.05, 0.1) is 24.0 Å². The molecule has 0 radical (unpaired) electrons. The van der Waals surface area contributed by atoms with E-state index in [1.807, 2.05) is 0 Å². The maximum atomic E-state index is 11.8. The second kappa shape index (κ2) is 5.32. The van der Waals surface area contributed by atoms with E-state index >= 15 is 0 Å². The molecule has 4 nitrogen and oxygen atoms in total. The largest absolute Gasteiger partial charge is 0.466 e. The number of carbonyl (C=O) groups is 2. The fourth-order valence-electron chi connectivity index (χ4n) is 1.13. The normalized spacial score (nSPS) is 12.1. The Bertz CT molecular complexity index is 238. The second-order valence-corrected chi connectivity index (χ2v) is 4.69. The molecule has 0 atom stereocenters. The van der Waals surface area contributed by atoms with E-state index in [4.69, 9.17) is 9.47 Å². The number of hydrogen-bond acceptors (Lipinski definition) is 4. The van der Waals surface area contributed by atoms with Crippen LogP contribution in [-0.2, 0) is 19.1 Å². The fraction of sp³-hybridized carbons (Fsp3) is 0.833. The van der Waals surface area contributed by atoms with Crippen LogP contribution in [0.4, 0.5) is 0 Å². The average molecular weight is 230 g/mol. The first kappa shape index (κ1) is 14.9. The molecule has 0 amide bonds. The van der Waals surface area contributed by atoms with Crippen LogP contribution in [0.3, 0.4) is 0 Å². The van der Waals surface area contributed by atoms with Crippen molar-refractivity contribution in [3.8, 4) is 0 Å². The summed E-state index contributed by atoms with van der Waals surface area (Å²) in [5, 5.41) is 0. The third kappa shape index (κ3) is 2.74. The van der Waals surface area contributed by atoms with Crippen molar-refractivity contribution in [3.63, 3.8) is 0 Å². The van der Waals surface area contributed by atoms with E-state index in [1.165, 1.54) is 0 Å². The van der Waals surface area contributed by atoms with Crippen LogP contribution in [0.5, 0.6) is 0 Å². The van der Waals surface area contributed by atoms with Gasteiger partial charge in [0.2, 0.25) is 0 Å². The lowest BCUT2D eigenvalue weighted by molar-refractivity contribution is -0.175. The van der Waals surface area contributed by atoms with Gasteiger partial charge in [0.25, 0.3) is 0 Å². The fourth-order valence-corrected chi connectivity index (χ4v) is 1.13. The first-order valence-corrected chi connectivity index (χ1v) is 5.56. The van der Waals surface area contributed by atoms with Gasteiger partial charge < -0.3 is 9.47 Å². The summed E-state index contributed by atoms with van der Waals surface area (Å²) in [4.78, 5) is 23.6. The van der Waals surface area contributed by atoms with Gasteiger partial charge in [-0.1, -0.05) is 0 Å². The molecule has 0 aliphatic carbocycles. The molecule has 16 heavy (non-hydrogen) atoms. The summed E-state index contributed by atoms with van der Waals surface area (Å²) in [6.45, 7) is 10.9. The lowest BCUT2D eigenvalue weighted by atomic mass is 9.68. The predicted octanol–water partition coefficient (Wildman–Crippen LogP) is 2.17. The summed E-state index contributed by atoms with van der Waals surface area (Å²) in [5.41, 5.74) is -1.81. The smallest absolute Gasteiger partial charge is 0.312 e. The highest BCUT2D eigenvalue weighted by Crippen LogP contribution is 2.40. The number of esters is 2. The molecule has 0 aromatic carbocycles. The molecule has 0 N–H and O–H groups in total. The summed E-state index contributed by atoms with van der Waals surface area (Å²) >= 11 is 0. The van der Waals surface area contributed by atoms with Crippen molar-refractivity contribution in [2.45, 2.75) is 41.5 Å². The average Bonchev–Trinajstić information content (AvgIpc) is 2.18. The zero-order valence-electron chi connectivity index (χ0n) is 11.0. The zero-order valence-corrected chi connectivity index (χ0v) is 11.0. The topological polar surface area (TPSA) is 52.6 Å². The number of rotatable bonds is 5. The van der Waals surface area contributed by atoms with Crippen LogP contribution in [0.15, 0.2) is 0 Å². The SMILES string of the molecule is CCOC(=O)C(C)(C)C(C)(C)C(=O)OCC. The Morgan fingerprint density at radius 1 is 0.812 bits per heavy atom. The summed E-state index contributed by atoms with van der Waals surface area (Å²) in [7, 11) is 0. The van der Waals surface area contributed by atoms with E-state index in [2.05, 4.69) is 0 Å². The number of hydrogen-bond donors (Lipinski definition) is 0. The molecule has 0 aromatic rings. The summed E-state index contributed by atoms with van der Waals surface area (Å²) in [6, 6.07) is 0. The van der Waals surface area contributed by atoms with Crippen molar-refractivity contribution in [1.29, 1.82) is 0 Å². The Kier molecular flexibility index (Phi) is 4.97. The van der Waals surface area contributed by atoms with E-state index in [1.54, 1.807) is 41.5 Å². The standard InChI is InChI=1S/C12H22O4/c1-7-15-9(13)11(3,4)12(5,6)10(14)16-8-2/h7-8H2,1-6H3. The molecule has 0 unspecified atom stereocenters. The molecule has 0 heterocycles. The minimum atomic E-state index is -0.907. The summed E-state index contributed by atoms with van der Waals surface area (Å²) in [6.07, 6.45) is 0. The zero-order chi connectivity index (χ0) is 13.0. The van der Waals surface area contributed by atoms with Crippen molar-refractivity contribution in [1.82, 2.24) is 0 Å². The van der Waals surface area contributed by atoms with Gasteiger partial charge in [-0.05, 0) is 41.5 Å². The summed E-state index contributed by atoms with van der Waals surface area (Å²) in [5.74, 6) is -0.763. The van der Waals surface area contributed by atoms with E-state index in [9.17, 15) is 9.59 Å². The summed E-state index contributed by atoms with van der Waals surface area (Å²) < 4.78 is 9.95. The Morgan fingerprint density at radius 2 is 1.06 bits per heavy atom. The van der Waals surface area contributed by atoms with Crippen LogP contribution in [0.1, 0.15) is 41.5 Å². The van der Waals surface area contributed by atoms with Gasteiger partial charge in [-0.15, -0.1) is 0 Å². The molecule has 0 saturated heterocycles. The number of carbonyl (C=O) groups excluding carboxylic acids is 2. The lowest BCUT2D eigenvalue weighted by Crippen LogP contribution is -2.46. The van der Waals surface area contributed by atoms with Gasteiger partial charge in [0, 0.05) is 0 Å². The van der Waals surface area contributed by atoms with Gasteiger partial charge in [0.15, 0.2) is 0 Å². The third-order valence-electron chi connectivity index (χ3n) is 3.13. The molecule has 0 bridgehead atoms. The maximum absolute atomic E-state index is 11.8. The molecule has 94 valence electrons. The number of ether oxygens (including phenoxy) is 2. The Labute approximate surface area is 97.3 Å². The lowest BCUT2D eigenvalue weighted by Gasteiger charge is -2.36. The van der Waals surface area contributed by atoms with E-state index < -0.39 is 10.8 Å². The highest BCUT2D eigenvalue weighted by molar-refractivity contribution is 5.87. The third-order valence-corrected chi connectivity index (χ3v) is 3.13. The molecular formula is C12H22O4. The molecular weight excluding hydrogens is 208 g/mol. The predicted molar refractivity (Wildman–Crippen MR) is 60.8 cm³/mol. The Hall–Kier alpha value is -1.06. The van der Waals surface area contributed by atoms with Crippen LogP contribution in [0, 0.1) is 10.8 Å². The quantitative estimate of drug-likeness (QED) is 0.679. The van der Waals surface area contributed by atoms with Crippen molar-refractivity contribution in [3.05, 3.63) is 0 Å². The first-order chi connectivity index (χ1) is 7.21. The molecule has 0 aliphatic rings. The first-order valence-electron chi connectivity index (χ1n) is 5.56. The molecule has 0 rings (SSSR count). The van der Waals surface area contributed by atoms with Crippen molar-refractivity contribution in [2.75, 3.05) is 13.2 Å². The van der Waals surface area contributed by atoms with Gasteiger partial charge in [-0.2, -0.15) is 0 Å². The highest BCUT2D eigenvalue weighted by atomic mass is 16.5. The highest BCUT2D eigenvalue weighted by Gasteiger charge is 2.50. The monoisotopic (exact) mass is 230 g/mol.